The number of carboxylic acids is 1. The average Bonchev–Trinajstić information content (AvgIpc) is 2.99. The van der Waals surface area contributed by atoms with E-state index in [-0.39, 0.29) is 11.3 Å². The molecule has 1 heterocycles. The highest BCUT2D eigenvalue weighted by Gasteiger charge is 2.54. The topological polar surface area (TPSA) is 53.3 Å². The number of furan rings is 1. The molecule has 0 bridgehead atoms. The Morgan fingerprint density at radius 1 is 1.43 bits per heavy atom. The summed E-state index contributed by atoms with van der Waals surface area (Å²) in [7, 11) is 0. The molecule has 3 nitrogen and oxygen atoms in total. The first-order chi connectivity index (χ1) is 10.9. The van der Waals surface area contributed by atoms with Crippen molar-refractivity contribution in [3.8, 4) is 0 Å². The van der Waals surface area contributed by atoms with Gasteiger partial charge in [-0.15, -0.1) is 0 Å². The number of carbonyl (C=O) groups excluding carboxylic acids is 1. The Bertz CT molecular complexity index is 588. The number of rotatable bonds is 4. The first kappa shape index (κ1) is 16.4. The predicted molar refractivity (Wildman–Crippen MR) is 87.5 cm³/mol. The van der Waals surface area contributed by atoms with Gasteiger partial charge in [0.25, 0.3) is 0 Å². The van der Waals surface area contributed by atoms with Crippen LogP contribution in [0.1, 0.15) is 57.9 Å². The summed E-state index contributed by atoms with van der Waals surface area (Å²) in [5, 5.41) is 11.9. The second kappa shape index (κ2) is 5.85. The minimum Gasteiger partial charge on any atom is -0.550 e. The smallest absolute Gasteiger partial charge is 0.0934 e. The van der Waals surface area contributed by atoms with Crippen LogP contribution in [0.4, 0.5) is 0 Å². The zero-order valence-corrected chi connectivity index (χ0v) is 14.3. The molecule has 0 N–H and O–H groups in total. The van der Waals surface area contributed by atoms with Gasteiger partial charge in [-0.1, -0.05) is 32.4 Å². The van der Waals surface area contributed by atoms with Crippen LogP contribution < -0.4 is 5.11 Å². The molecule has 0 saturated heterocycles. The number of hydrogen-bond donors (Lipinski definition) is 0. The van der Waals surface area contributed by atoms with Gasteiger partial charge in [-0.3, -0.25) is 0 Å². The van der Waals surface area contributed by atoms with E-state index in [0.717, 1.165) is 44.9 Å². The zero-order valence-electron chi connectivity index (χ0n) is 14.3. The van der Waals surface area contributed by atoms with Gasteiger partial charge in [0.1, 0.15) is 0 Å². The highest BCUT2D eigenvalue weighted by atomic mass is 16.4. The van der Waals surface area contributed by atoms with Gasteiger partial charge in [-0.05, 0) is 67.4 Å². The molecule has 0 spiro atoms. The van der Waals surface area contributed by atoms with Crippen LogP contribution in [0.25, 0.3) is 0 Å². The number of carboxylic acid groups (broad SMARTS) is 1. The largest absolute Gasteiger partial charge is 0.550 e. The van der Waals surface area contributed by atoms with E-state index in [2.05, 4.69) is 13.5 Å². The maximum Gasteiger partial charge on any atom is 0.0934 e. The molecule has 3 rings (SSSR count). The standard InChI is InChI=1S/C20H28O3/c1-14-5-8-17-19(2,10-4-11-20(17,3)18(21)22)16(14)7-6-15-9-12-23-13-15/h9,12-13,16-17H,1,4-8,10-11H2,2-3H3,(H,21,22)/p-1/t16-,17-,19-,20+/m0/s1. The lowest BCUT2D eigenvalue weighted by Gasteiger charge is -2.59. The monoisotopic (exact) mass is 315 g/mol. The normalized spacial score (nSPS) is 37.4. The van der Waals surface area contributed by atoms with Gasteiger partial charge >= 0.3 is 0 Å². The highest BCUT2D eigenvalue weighted by Crippen LogP contribution is 2.61. The summed E-state index contributed by atoms with van der Waals surface area (Å²) in [5.41, 5.74) is 1.84. The Labute approximate surface area is 138 Å². The van der Waals surface area contributed by atoms with E-state index in [4.69, 9.17) is 4.42 Å². The molecule has 2 aliphatic carbocycles. The molecular formula is C20H27O3-. The number of fused-ring (bicyclic) bond motifs is 1. The van der Waals surface area contributed by atoms with Crippen LogP contribution in [0.15, 0.2) is 35.2 Å². The first-order valence-corrected chi connectivity index (χ1v) is 8.78. The van der Waals surface area contributed by atoms with Crippen LogP contribution in [-0.2, 0) is 11.2 Å². The third kappa shape index (κ3) is 2.64. The molecule has 126 valence electrons. The maximum atomic E-state index is 11.9. The van der Waals surface area contributed by atoms with Crippen molar-refractivity contribution in [2.45, 2.75) is 58.8 Å². The molecule has 0 radical (unpaired) electrons. The Morgan fingerprint density at radius 3 is 2.87 bits per heavy atom. The fourth-order valence-electron chi connectivity index (χ4n) is 5.47. The molecule has 1 aromatic rings. The van der Waals surface area contributed by atoms with Crippen LogP contribution >= 0.6 is 0 Å². The molecule has 2 saturated carbocycles. The summed E-state index contributed by atoms with van der Waals surface area (Å²) in [4.78, 5) is 11.9. The van der Waals surface area contributed by atoms with E-state index >= 15 is 0 Å². The minimum atomic E-state index is -0.866. The second-order valence-corrected chi connectivity index (χ2v) is 8.04. The molecule has 3 heteroatoms. The summed E-state index contributed by atoms with van der Waals surface area (Å²) in [6, 6.07) is 2.01. The molecule has 23 heavy (non-hydrogen) atoms. The molecule has 0 aliphatic heterocycles. The fourth-order valence-corrected chi connectivity index (χ4v) is 5.47. The van der Waals surface area contributed by atoms with Crippen LogP contribution in [0.3, 0.4) is 0 Å². The molecule has 0 amide bonds. The Morgan fingerprint density at radius 2 is 2.22 bits per heavy atom. The van der Waals surface area contributed by atoms with Crippen molar-refractivity contribution in [3.63, 3.8) is 0 Å². The van der Waals surface area contributed by atoms with E-state index in [1.807, 2.05) is 13.0 Å². The zero-order chi connectivity index (χ0) is 16.7. The Kier molecular flexibility index (Phi) is 4.16. The number of carbonyl (C=O) groups is 1. The molecule has 2 fully saturated rings. The number of allylic oxidation sites excluding steroid dienone is 1. The lowest BCUT2D eigenvalue weighted by Crippen LogP contribution is -2.56. The number of hydrogen-bond acceptors (Lipinski definition) is 3. The molecule has 0 unspecified atom stereocenters. The lowest BCUT2D eigenvalue weighted by molar-refractivity contribution is -0.326. The van der Waals surface area contributed by atoms with Gasteiger partial charge in [0.15, 0.2) is 0 Å². The quantitative estimate of drug-likeness (QED) is 0.795. The maximum absolute atomic E-state index is 11.9. The summed E-state index contributed by atoms with van der Waals surface area (Å²) >= 11 is 0. The summed E-state index contributed by atoms with van der Waals surface area (Å²) in [5.74, 6) is -0.293. The summed E-state index contributed by atoms with van der Waals surface area (Å²) in [6.07, 6.45) is 10.2. The summed E-state index contributed by atoms with van der Waals surface area (Å²) < 4.78 is 5.17. The fraction of sp³-hybridized carbons (Fsp3) is 0.650. The van der Waals surface area contributed by atoms with Gasteiger partial charge in [0, 0.05) is 11.4 Å². The van der Waals surface area contributed by atoms with Gasteiger partial charge < -0.3 is 14.3 Å². The van der Waals surface area contributed by atoms with Gasteiger partial charge in [-0.25, -0.2) is 0 Å². The van der Waals surface area contributed by atoms with E-state index in [0.29, 0.717) is 5.92 Å². The van der Waals surface area contributed by atoms with Crippen molar-refractivity contribution >= 4 is 5.97 Å². The van der Waals surface area contributed by atoms with Crippen LogP contribution in [0, 0.1) is 22.7 Å². The van der Waals surface area contributed by atoms with Crippen LogP contribution in [0.2, 0.25) is 0 Å². The molecular weight excluding hydrogens is 288 g/mol. The highest BCUT2D eigenvalue weighted by molar-refractivity contribution is 5.72. The van der Waals surface area contributed by atoms with Gasteiger partial charge in [0.2, 0.25) is 0 Å². The van der Waals surface area contributed by atoms with Crippen molar-refractivity contribution < 1.29 is 14.3 Å². The third-order valence-electron chi connectivity index (χ3n) is 6.79. The van der Waals surface area contributed by atoms with Crippen LogP contribution in [-0.4, -0.2) is 5.97 Å². The number of aryl methyl sites for hydroxylation is 1. The van der Waals surface area contributed by atoms with Crippen molar-refractivity contribution in [1.82, 2.24) is 0 Å². The van der Waals surface area contributed by atoms with E-state index < -0.39 is 11.4 Å². The third-order valence-corrected chi connectivity index (χ3v) is 6.79. The average molecular weight is 315 g/mol. The molecule has 1 aromatic heterocycles. The van der Waals surface area contributed by atoms with Crippen molar-refractivity contribution in [2.75, 3.05) is 0 Å². The van der Waals surface area contributed by atoms with Crippen molar-refractivity contribution in [3.05, 3.63) is 36.3 Å². The van der Waals surface area contributed by atoms with E-state index in [1.165, 1.54) is 11.1 Å². The van der Waals surface area contributed by atoms with E-state index in [9.17, 15) is 9.90 Å². The van der Waals surface area contributed by atoms with Crippen molar-refractivity contribution in [2.24, 2.45) is 22.7 Å². The van der Waals surface area contributed by atoms with Crippen molar-refractivity contribution in [1.29, 1.82) is 0 Å². The molecule has 4 atom stereocenters. The molecule has 0 aromatic carbocycles. The Balaban J connectivity index is 1.86. The number of aliphatic carboxylic acids is 1. The van der Waals surface area contributed by atoms with E-state index in [1.54, 1.807) is 12.5 Å². The van der Waals surface area contributed by atoms with Crippen LogP contribution in [0.5, 0.6) is 0 Å². The lowest BCUT2D eigenvalue weighted by atomic mass is 9.46. The second-order valence-electron chi connectivity index (χ2n) is 8.04. The predicted octanol–water partition coefficient (Wildman–Crippen LogP) is 3.74. The minimum absolute atomic E-state index is 0.0200. The SMILES string of the molecule is C=C1CC[C@H]2[C@@](C)(CCC[C@@]2(C)C(=O)[O-])[C@H]1CCc1ccoc1. The first-order valence-electron chi connectivity index (χ1n) is 8.78. The Hall–Kier alpha value is -1.51. The van der Waals surface area contributed by atoms with Gasteiger partial charge in [0.05, 0.1) is 12.5 Å². The molecule has 2 aliphatic rings. The summed E-state index contributed by atoms with van der Waals surface area (Å²) in [6.45, 7) is 8.54. The van der Waals surface area contributed by atoms with Gasteiger partial charge in [-0.2, -0.15) is 0 Å².